The molecule has 0 saturated carbocycles. The minimum Gasteiger partial charge on any atom is -0.314 e. The average Bonchev–Trinajstić information content (AvgIpc) is 3.10. The molecule has 0 amide bonds. The number of rotatable bonds is 5. The molecule has 1 aromatic carbocycles. The van der Waals surface area contributed by atoms with E-state index in [-0.39, 0.29) is 0 Å². The van der Waals surface area contributed by atoms with Gasteiger partial charge in [-0.2, -0.15) is 4.80 Å². The van der Waals surface area contributed by atoms with E-state index in [9.17, 15) is 0 Å². The van der Waals surface area contributed by atoms with Crippen molar-refractivity contribution in [1.29, 1.82) is 0 Å². The molecule has 0 aliphatic carbocycles. The minimum absolute atomic E-state index is 0.446. The van der Waals surface area contributed by atoms with Gasteiger partial charge in [-0.3, -0.25) is 0 Å². The number of tetrazole rings is 1. The fraction of sp³-hybridized carbons (Fsp3) is 0.357. The van der Waals surface area contributed by atoms with Gasteiger partial charge in [-0.25, -0.2) is 0 Å². The fourth-order valence-electron chi connectivity index (χ4n) is 2.21. The summed E-state index contributed by atoms with van der Waals surface area (Å²) in [5.41, 5.74) is 0.877. The van der Waals surface area contributed by atoms with Crippen molar-refractivity contribution >= 4 is 11.6 Å². The van der Waals surface area contributed by atoms with Gasteiger partial charge in [0.15, 0.2) is 5.82 Å². The molecule has 0 spiro atoms. The number of halogens is 1. The SMILES string of the molecule is CCCn1c(C)nnc1Cn1nnc(-c2ccc(Cl)cc2)n1. The van der Waals surface area contributed by atoms with Gasteiger partial charge in [0, 0.05) is 17.1 Å². The number of nitrogens with zero attached hydrogens (tertiary/aromatic N) is 7. The lowest BCUT2D eigenvalue weighted by Crippen LogP contribution is -2.12. The highest BCUT2D eigenvalue weighted by atomic mass is 35.5. The monoisotopic (exact) mass is 317 g/mol. The van der Waals surface area contributed by atoms with Crippen LogP contribution in [0, 0.1) is 6.92 Å². The maximum absolute atomic E-state index is 5.88. The topological polar surface area (TPSA) is 74.3 Å². The predicted molar refractivity (Wildman–Crippen MR) is 82.4 cm³/mol. The maximum Gasteiger partial charge on any atom is 0.204 e. The summed E-state index contributed by atoms with van der Waals surface area (Å²) in [6, 6.07) is 7.35. The van der Waals surface area contributed by atoms with Gasteiger partial charge in [0.1, 0.15) is 12.4 Å². The van der Waals surface area contributed by atoms with Crippen molar-refractivity contribution in [2.45, 2.75) is 33.4 Å². The Morgan fingerprint density at radius 2 is 1.86 bits per heavy atom. The molecule has 3 rings (SSSR count). The van der Waals surface area contributed by atoms with E-state index in [0.717, 1.165) is 30.2 Å². The molecule has 3 aromatic rings. The Labute approximate surface area is 132 Å². The average molecular weight is 318 g/mol. The van der Waals surface area contributed by atoms with E-state index in [1.54, 1.807) is 12.1 Å². The number of hydrogen-bond donors (Lipinski definition) is 0. The van der Waals surface area contributed by atoms with E-state index in [4.69, 9.17) is 11.6 Å². The fourth-order valence-corrected chi connectivity index (χ4v) is 2.33. The Kier molecular flexibility index (Phi) is 4.15. The first-order valence-corrected chi connectivity index (χ1v) is 7.47. The zero-order valence-electron chi connectivity index (χ0n) is 12.4. The zero-order chi connectivity index (χ0) is 15.5. The van der Waals surface area contributed by atoms with E-state index in [1.807, 2.05) is 19.1 Å². The second-order valence-electron chi connectivity index (χ2n) is 4.97. The zero-order valence-corrected chi connectivity index (χ0v) is 13.2. The van der Waals surface area contributed by atoms with E-state index >= 15 is 0 Å². The third-order valence-corrected chi connectivity index (χ3v) is 3.55. The van der Waals surface area contributed by atoms with Crippen LogP contribution in [-0.4, -0.2) is 35.0 Å². The molecule has 0 bridgehead atoms. The standard InChI is InChI=1S/C14H16ClN7/c1-3-8-21-10(2)16-17-13(21)9-22-19-14(18-20-22)11-4-6-12(15)7-5-11/h4-7H,3,8-9H2,1-2H3. The maximum atomic E-state index is 5.88. The lowest BCUT2D eigenvalue weighted by Gasteiger charge is -2.05. The van der Waals surface area contributed by atoms with E-state index < -0.39 is 0 Å². The van der Waals surface area contributed by atoms with Crippen molar-refractivity contribution in [3.63, 3.8) is 0 Å². The molecular weight excluding hydrogens is 302 g/mol. The first-order valence-electron chi connectivity index (χ1n) is 7.10. The summed E-state index contributed by atoms with van der Waals surface area (Å²) in [4.78, 5) is 1.53. The lowest BCUT2D eigenvalue weighted by molar-refractivity contribution is 0.521. The van der Waals surface area contributed by atoms with Crippen LogP contribution < -0.4 is 0 Å². The van der Waals surface area contributed by atoms with Crippen LogP contribution in [0.1, 0.15) is 25.0 Å². The Balaban J connectivity index is 1.81. The van der Waals surface area contributed by atoms with Crippen LogP contribution in [0.25, 0.3) is 11.4 Å². The van der Waals surface area contributed by atoms with Gasteiger partial charge in [-0.05, 0) is 42.8 Å². The van der Waals surface area contributed by atoms with Crippen LogP contribution in [0.3, 0.4) is 0 Å². The quantitative estimate of drug-likeness (QED) is 0.722. The summed E-state index contributed by atoms with van der Waals surface area (Å²) in [7, 11) is 0. The van der Waals surface area contributed by atoms with E-state index in [1.165, 1.54) is 4.80 Å². The summed E-state index contributed by atoms with van der Waals surface area (Å²) in [5.74, 6) is 2.30. The van der Waals surface area contributed by atoms with Gasteiger partial charge >= 0.3 is 0 Å². The molecule has 0 unspecified atom stereocenters. The first-order chi connectivity index (χ1) is 10.7. The van der Waals surface area contributed by atoms with Crippen molar-refractivity contribution in [3.8, 4) is 11.4 Å². The van der Waals surface area contributed by atoms with Gasteiger partial charge in [0.2, 0.25) is 5.82 Å². The van der Waals surface area contributed by atoms with Gasteiger partial charge in [0.25, 0.3) is 0 Å². The molecule has 0 atom stereocenters. The normalized spacial score (nSPS) is 11.0. The van der Waals surface area contributed by atoms with Crippen molar-refractivity contribution in [1.82, 2.24) is 35.0 Å². The number of aryl methyl sites for hydroxylation is 1. The molecule has 114 valence electrons. The highest BCUT2D eigenvalue weighted by Crippen LogP contribution is 2.17. The molecule has 2 aromatic heterocycles. The summed E-state index contributed by atoms with van der Waals surface area (Å²) in [5, 5.41) is 21.5. The highest BCUT2D eigenvalue weighted by Gasteiger charge is 2.11. The van der Waals surface area contributed by atoms with Crippen molar-refractivity contribution < 1.29 is 0 Å². The van der Waals surface area contributed by atoms with Crippen LogP contribution in [-0.2, 0) is 13.1 Å². The summed E-state index contributed by atoms with van der Waals surface area (Å²) in [6.45, 7) is 5.39. The minimum atomic E-state index is 0.446. The van der Waals surface area contributed by atoms with Gasteiger partial charge in [-0.15, -0.1) is 20.4 Å². The summed E-state index contributed by atoms with van der Waals surface area (Å²) < 4.78 is 2.07. The molecule has 7 nitrogen and oxygen atoms in total. The van der Waals surface area contributed by atoms with Crippen molar-refractivity contribution in [2.75, 3.05) is 0 Å². The molecule has 0 aliphatic heterocycles. The van der Waals surface area contributed by atoms with Crippen molar-refractivity contribution in [2.24, 2.45) is 0 Å². The summed E-state index contributed by atoms with van der Waals surface area (Å²) in [6.07, 6.45) is 1.02. The third-order valence-electron chi connectivity index (χ3n) is 3.30. The van der Waals surface area contributed by atoms with Crippen LogP contribution in [0.15, 0.2) is 24.3 Å². The van der Waals surface area contributed by atoms with E-state index in [2.05, 4.69) is 37.1 Å². The first kappa shape index (κ1) is 14.6. The molecule has 0 fully saturated rings. The van der Waals surface area contributed by atoms with Gasteiger partial charge in [0.05, 0.1) is 0 Å². The third kappa shape index (κ3) is 2.99. The van der Waals surface area contributed by atoms with Gasteiger partial charge < -0.3 is 4.57 Å². The highest BCUT2D eigenvalue weighted by molar-refractivity contribution is 6.30. The second kappa shape index (κ2) is 6.23. The molecule has 0 radical (unpaired) electrons. The van der Waals surface area contributed by atoms with Crippen LogP contribution in [0.5, 0.6) is 0 Å². The predicted octanol–water partition coefficient (Wildman–Crippen LogP) is 2.35. The molecule has 22 heavy (non-hydrogen) atoms. The smallest absolute Gasteiger partial charge is 0.204 e. The van der Waals surface area contributed by atoms with E-state index in [0.29, 0.717) is 17.4 Å². The van der Waals surface area contributed by atoms with Crippen LogP contribution in [0.2, 0.25) is 5.02 Å². The molecule has 0 aliphatic rings. The molecule has 2 heterocycles. The van der Waals surface area contributed by atoms with Gasteiger partial charge in [-0.1, -0.05) is 18.5 Å². The Morgan fingerprint density at radius 3 is 2.59 bits per heavy atom. The molecule has 8 heteroatoms. The second-order valence-corrected chi connectivity index (χ2v) is 5.40. The summed E-state index contributed by atoms with van der Waals surface area (Å²) >= 11 is 5.88. The number of hydrogen-bond acceptors (Lipinski definition) is 5. The Morgan fingerprint density at radius 1 is 1.09 bits per heavy atom. The molecule has 0 N–H and O–H groups in total. The van der Waals surface area contributed by atoms with Crippen molar-refractivity contribution in [3.05, 3.63) is 40.9 Å². The largest absolute Gasteiger partial charge is 0.314 e. The van der Waals surface area contributed by atoms with Crippen LogP contribution in [0.4, 0.5) is 0 Å². The lowest BCUT2D eigenvalue weighted by atomic mass is 10.2. The Hall–Kier alpha value is -2.28. The molecular formula is C14H16ClN7. The van der Waals surface area contributed by atoms with Crippen LogP contribution >= 0.6 is 11.6 Å². The molecule has 0 saturated heterocycles. The number of benzene rings is 1. The number of aromatic nitrogens is 7. The Bertz CT molecular complexity index is 760.